The van der Waals surface area contributed by atoms with Gasteiger partial charge in [-0.05, 0) is 69.8 Å². The summed E-state index contributed by atoms with van der Waals surface area (Å²) < 4.78 is 1.92. The van der Waals surface area contributed by atoms with Crippen molar-refractivity contribution in [2.45, 2.75) is 51.1 Å². The maximum Gasteiger partial charge on any atom is 0.261 e. The Hall–Kier alpha value is -2.67. The van der Waals surface area contributed by atoms with E-state index in [9.17, 15) is 14.4 Å². The minimum absolute atomic E-state index is 0.0896. The van der Waals surface area contributed by atoms with Gasteiger partial charge in [0, 0.05) is 49.0 Å². The minimum atomic E-state index is -0.272. The number of rotatable bonds is 3. The van der Waals surface area contributed by atoms with E-state index in [2.05, 4.69) is 11.1 Å². The molecule has 1 saturated heterocycles. The Morgan fingerprint density at radius 3 is 2.74 bits per heavy atom. The van der Waals surface area contributed by atoms with Crippen molar-refractivity contribution in [1.82, 2.24) is 19.4 Å². The van der Waals surface area contributed by atoms with Crippen LogP contribution in [0.3, 0.4) is 0 Å². The first-order chi connectivity index (χ1) is 14.9. The van der Waals surface area contributed by atoms with E-state index < -0.39 is 0 Å². The summed E-state index contributed by atoms with van der Waals surface area (Å²) in [6.07, 6.45) is 4.97. The number of likely N-dealkylation sites (tertiary alicyclic amines) is 1. The number of hydrogen-bond donors (Lipinski definition) is 1. The lowest BCUT2D eigenvalue weighted by Gasteiger charge is -2.43. The van der Waals surface area contributed by atoms with E-state index in [-0.39, 0.29) is 34.4 Å². The zero-order valence-corrected chi connectivity index (χ0v) is 18.3. The lowest BCUT2D eigenvalue weighted by molar-refractivity contribution is 0.0592. The van der Waals surface area contributed by atoms with Crippen LogP contribution in [0.15, 0.2) is 27.8 Å². The molecular formula is C24H30N4O3. The Morgan fingerprint density at radius 1 is 1.13 bits per heavy atom. The number of aromatic nitrogens is 2. The average Bonchev–Trinajstić information content (AvgIpc) is 2.74. The molecule has 2 bridgehead atoms. The van der Waals surface area contributed by atoms with Crippen LogP contribution >= 0.6 is 0 Å². The fourth-order valence-electron chi connectivity index (χ4n) is 5.62. The lowest BCUT2D eigenvalue weighted by atomic mass is 9.82. The molecule has 5 rings (SSSR count). The third-order valence-electron chi connectivity index (χ3n) is 7.03. The number of piperidine rings is 1. The molecule has 1 amide bonds. The Bertz CT molecular complexity index is 1150. The first kappa shape index (κ1) is 20.2. The predicted octanol–water partition coefficient (Wildman–Crippen LogP) is 1.74. The number of H-pyrrole nitrogens is 1. The van der Waals surface area contributed by atoms with Gasteiger partial charge in [-0.3, -0.25) is 14.4 Å². The van der Waals surface area contributed by atoms with Crippen LogP contribution in [0.25, 0.3) is 0 Å². The maximum absolute atomic E-state index is 13.3. The molecule has 2 aromatic rings. The number of carbonyl (C=O) groups excluding carboxylic acids is 1. The molecule has 0 spiro atoms. The second-order valence-electron chi connectivity index (χ2n) is 9.67. The van der Waals surface area contributed by atoms with Gasteiger partial charge < -0.3 is 19.4 Å². The van der Waals surface area contributed by atoms with Crippen LogP contribution in [0.5, 0.6) is 0 Å². The molecule has 7 nitrogen and oxygen atoms in total. The second kappa shape index (κ2) is 7.79. The summed E-state index contributed by atoms with van der Waals surface area (Å²) >= 11 is 0. The summed E-state index contributed by atoms with van der Waals surface area (Å²) in [6.45, 7) is 2.41. The highest BCUT2D eigenvalue weighted by molar-refractivity contribution is 5.94. The van der Waals surface area contributed by atoms with Crippen LogP contribution in [0.2, 0.25) is 0 Å². The zero-order chi connectivity index (χ0) is 21.7. The number of aryl methyl sites for hydroxylation is 2. The summed E-state index contributed by atoms with van der Waals surface area (Å²) in [5.41, 5.74) is 4.00. The third-order valence-corrected chi connectivity index (χ3v) is 7.03. The van der Waals surface area contributed by atoms with Crippen molar-refractivity contribution in [3.8, 4) is 0 Å². The van der Waals surface area contributed by atoms with Gasteiger partial charge >= 0.3 is 0 Å². The molecule has 1 aliphatic carbocycles. The van der Waals surface area contributed by atoms with Crippen LogP contribution in [0.4, 0.5) is 0 Å². The highest BCUT2D eigenvalue weighted by atomic mass is 16.2. The fourth-order valence-corrected chi connectivity index (χ4v) is 5.62. The van der Waals surface area contributed by atoms with E-state index >= 15 is 0 Å². The topological polar surface area (TPSA) is 78.4 Å². The van der Waals surface area contributed by atoms with Gasteiger partial charge in [0.1, 0.15) is 5.56 Å². The number of carbonyl (C=O) groups is 1. The molecule has 2 aromatic heterocycles. The maximum atomic E-state index is 13.3. The normalized spacial score (nSPS) is 22.2. The van der Waals surface area contributed by atoms with Crippen molar-refractivity contribution in [3.05, 3.63) is 67.0 Å². The van der Waals surface area contributed by atoms with Gasteiger partial charge in [0.15, 0.2) is 0 Å². The van der Waals surface area contributed by atoms with Gasteiger partial charge in [0.2, 0.25) is 0 Å². The van der Waals surface area contributed by atoms with Crippen molar-refractivity contribution < 1.29 is 4.79 Å². The van der Waals surface area contributed by atoms with Crippen LogP contribution < -0.4 is 11.1 Å². The number of pyridine rings is 2. The molecule has 0 aromatic carbocycles. The second-order valence-corrected chi connectivity index (χ2v) is 9.67. The minimum Gasteiger partial charge on any atom is -0.337 e. The molecule has 1 N–H and O–H groups in total. The van der Waals surface area contributed by atoms with Crippen molar-refractivity contribution in [2.75, 3.05) is 27.2 Å². The number of amides is 1. The zero-order valence-electron chi connectivity index (χ0n) is 18.3. The number of nitrogens with zero attached hydrogens (tertiary/aromatic N) is 3. The number of aromatic amines is 1. The molecule has 31 heavy (non-hydrogen) atoms. The highest BCUT2D eigenvalue weighted by Gasteiger charge is 2.37. The summed E-state index contributed by atoms with van der Waals surface area (Å²) in [5.74, 6) is 0.192. The Labute approximate surface area is 181 Å². The third kappa shape index (κ3) is 3.65. The van der Waals surface area contributed by atoms with Crippen molar-refractivity contribution in [2.24, 2.45) is 5.92 Å². The Balaban J connectivity index is 1.42. The van der Waals surface area contributed by atoms with Gasteiger partial charge in [-0.2, -0.15) is 0 Å². The standard InChI is InChI=1S/C24H30N4O3/c1-26(2)13-17-7-8-21-18-9-15(12-28(21)23(17)30)11-27(14-18)24(31)19-10-16-5-3-4-6-20(16)25-22(19)29/h7-8,10,15,18H,3-6,9,11-14H2,1-2H3,(H,25,29)/t15-,18+/m0/s1. The van der Waals surface area contributed by atoms with Crippen molar-refractivity contribution in [1.29, 1.82) is 0 Å². The molecule has 7 heteroatoms. The van der Waals surface area contributed by atoms with Crippen LogP contribution in [0, 0.1) is 5.92 Å². The lowest BCUT2D eigenvalue weighted by Crippen LogP contribution is -2.50. The predicted molar refractivity (Wildman–Crippen MR) is 119 cm³/mol. The Morgan fingerprint density at radius 2 is 1.94 bits per heavy atom. The molecule has 2 aliphatic heterocycles. The van der Waals surface area contributed by atoms with Crippen LogP contribution in [-0.4, -0.2) is 52.4 Å². The first-order valence-corrected chi connectivity index (χ1v) is 11.3. The molecule has 2 atom stereocenters. The highest BCUT2D eigenvalue weighted by Crippen LogP contribution is 2.35. The quantitative estimate of drug-likeness (QED) is 0.817. The van der Waals surface area contributed by atoms with E-state index in [0.29, 0.717) is 26.2 Å². The SMILES string of the molecule is CN(C)Cc1ccc2n(c1=O)C[C@H]1C[C@@H]2CN(C(=O)c2cc3c([nH]c2=O)CCCC3)C1. The fraction of sp³-hybridized carbons (Fsp3) is 0.542. The molecule has 3 aliphatic rings. The van der Waals surface area contributed by atoms with E-state index in [1.54, 1.807) is 0 Å². The molecule has 0 unspecified atom stereocenters. The Kier molecular flexibility index (Phi) is 5.08. The van der Waals surface area contributed by atoms with E-state index in [4.69, 9.17) is 0 Å². The van der Waals surface area contributed by atoms with E-state index in [1.165, 1.54) is 0 Å². The molecule has 1 fully saturated rings. The summed E-state index contributed by atoms with van der Waals surface area (Å²) in [4.78, 5) is 45.8. The molecule has 4 heterocycles. The summed E-state index contributed by atoms with van der Waals surface area (Å²) in [5, 5.41) is 0. The van der Waals surface area contributed by atoms with Crippen molar-refractivity contribution >= 4 is 5.91 Å². The monoisotopic (exact) mass is 422 g/mol. The van der Waals surface area contributed by atoms with Gasteiger partial charge in [-0.1, -0.05) is 6.07 Å². The molecule has 0 saturated carbocycles. The van der Waals surface area contributed by atoms with E-state index in [0.717, 1.165) is 54.6 Å². The summed E-state index contributed by atoms with van der Waals surface area (Å²) in [7, 11) is 3.92. The van der Waals surface area contributed by atoms with Gasteiger partial charge in [0.25, 0.3) is 17.0 Å². The van der Waals surface area contributed by atoms with Gasteiger partial charge in [-0.15, -0.1) is 0 Å². The molecular weight excluding hydrogens is 392 g/mol. The number of fused-ring (bicyclic) bond motifs is 5. The number of hydrogen-bond acceptors (Lipinski definition) is 4. The first-order valence-electron chi connectivity index (χ1n) is 11.3. The van der Waals surface area contributed by atoms with Crippen LogP contribution in [0.1, 0.15) is 58.1 Å². The average molecular weight is 423 g/mol. The van der Waals surface area contributed by atoms with E-state index in [1.807, 2.05) is 40.6 Å². The van der Waals surface area contributed by atoms with Crippen molar-refractivity contribution in [3.63, 3.8) is 0 Å². The van der Waals surface area contributed by atoms with Crippen LogP contribution in [-0.2, 0) is 25.9 Å². The molecule has 0 radical (unpaired) electrons. The van der Waals surface area contributed by atoms with Gasteiger partial charge in [-0.25, -0.2) is 0 Å². The van der Waals surface area contributed by atoms with Gasteiger partial charge in [0.05, 0.1) is 0 Å². The molecule has 164 valence electrons. The smallest absolute Gasteiger partial charge is 0.261 e. The summed E-state index contributed by atoms with van der Waals surface area (Å²) in [6, 6.07) is 5.82. The largest absolute Gasteiger partial charge is 0.337 e. The number of nitrogens with one attached hydrogen (secondary N) is 1.